The number of carbonyl (C=O) groups is 2. The second-order valence-corrected chi connectivity index (χ2v) is 2.45. The number of halogens is 2. The molecule has 0 atom stereocenters. The Balaban J connectivity index is 4.28. The zero-order valence-electron chi connectivity index (χ0n) is 7.61. The molecule has 0 bridgehead atoms. The van der Waals surface area contributed by atoms with Crippen LogP contribution in [0.2, 0.25) is 0 Å². The van der Waals surface area contributed by atoms with Crippen LogP contribution < -0.4 is 5.73 Å². The van der Waals surface area contributed by atoms with Gasteiger partial charge in [-0.3, -0.25) is 0 Å². The first kappa shape index (κ1) is 13.0. The maximum atomic E-state index is 12.3. The topological polar surface area (TPSA) is 102 Å². The van der Waals surface area contributed by atoms with Crippen LogP contribution in [0.1, 0.15) is 6.92 Å². The van der Waals surface area contributed by atoms with Crippen LogP contribution in [0.25, 0.3) is 0 Å². The number of hydrogen-bond donors (Lipinski definition) is 2. The van der Waals surface area contributed by atoms with Crippen molar-refractivity contribution in [1.82, 2.24) is 0 Å². The van der Waals surface area contributed by atoms with Gasteiger partial charge in [-0.1, -0.05) is 5.16 Å². The average molecular weight is 222 g/mol. The molecule has 0 saturated heterocycles. The Morgan fingerprint density at radius 2 is 2.00 bits per heavy atom. The molecule has 0 saturated carbocycles. The van der Waals surface area contributed by atoms with Crippen molar-refractivity contribution in [3.8, 4) is 0 Å². The lowest BCUT2D eigenvalue weighted by molar-refractivity contribution is -0.138. The molecule has 0 unspecified atom stereocenters. The molecule has 0 radical (unpaired) electrons. The Morgan fingerprint density at radius 1 is 1.47 bits per heavy atom. The van der Waals surface area contributed by atoms with Gasteiger partial charge in [0.2, 0.25) is 5.84 Å². The number of hydrogen-bond acceptors (Lipinski definition) is 4. The van der Waals surface area contributed by atoms with E-state index in [-0.39, 0.29) is 0 Å². The number of carboxylic acids is 1. The van der Waals surface area contributed by atoms with Crippen LogP contribution in [-0.2, 0) is 14.4 Å². The molecule has 8 heteroatoms. The molecule has 0 aromatic rings. The second-order valence-electron chi connectivity index (χ2n) is 2.45. The smallest absolute Gasteiger partial charge is 0.358 e. The molecule has 84 valence electrons. The monoisotopic (exact) mass is 222 g/mol. The summed E-state index contributed by atoms with van der Waals surface area (Å²) in [5.74, 6) is -7.19. The van der Waals surface area contributed by atoms with Crippen molar-refractivity contribution < 1.29 is 28.3 Å². The second kappa shape index (κ2) is 5.03. The fourth-order valence-corrected chi connectivity index (χ4v) is 0.344. The molecule has 0 spiro atoms. The van der Waals surface area contributed by atoms with Crippen LogP contribution in [0.3, 0.4) is 0 Å². The van der Waals surface area contributed by atoms with Gasteiger partial charge in [-0.05, 0) is 0 Å². The van der Waals surface area contributed by atoms with Crippen molar-refractivity contribution in [2.24, 2.45) is 10.9 Å². The summed E-state index contributed by atoms with van der Waals surface area (Å²) in [5.41, 5.74) is 4.74. The summed E-state index contributed by atoms with van der Waals surface area (Å²) < 4.78 is 24.6. The van der Waals surface area contributed by atoms with Gasteiger partial charge in [0.25, 0.3) is 0 Å². The van der Waals surface area contributed by atoms with Gasteiger partial charge in [0.1, 0.15) is 0 Å². The maximum Gasteiger partial charge on any atom is 0.358 e. The van der Waals surface area contributed by atoms with Gasteiger partial charge in [-0.15, -0.1) is 0 Å². The van der Waals surface area contributed by atoms with E-state index in [9.17, 15) is 18.4 Å². The number of carboxylic acid groups (broad SMARTS) is 1. The van der Waals surface area contributed by atoms with Crippen LogP contribution in [0.15, 0.2) is 17.3 Å². The number of amidine groups is 1. The standard InChI is InChI=1S/C7H8F2N2O4/c1-7(8,9)6(10)11-15-5(14)3-2-4(12)13/h2-3H,1H3,(H2,10,11)(H,12,13). The highest BCUT2D eigenvalue weighted by atomic mass is 19.3. The Morgan fingerprint density at radius 3 is 2.40 bits per heavy atom. The van der Waals surface area contributed by atoms with E-state index in [2.05, 4.69) is 9.99 Å². The zero-order valence-corrected chi connectivity index (χ0v) is 7.61. The van der Waals surface area contributed by atoms with Crippen LogP contribution in [0.4, 0.5) is 8.78 Å². The minimum atomic E-state index is -3.41. The predicted octanol–water partition coefficient (Wildman–Crippen LogP) is 0.0978. The van der Waals surface area contributed by atoms with Crippen LogP contribution in [0.5, 0.6) is 0 Å². The van der Waals surface area contributed by atoms with Gasteiger partial charge in [-0.25, -0.2) is 9.59 Å². The zero-order chi connectivity index (χ0) is 12.1. The number of nitrogens with zero attached hydrogens (tertiary/aromatic N) is 1. The third-order valence-corrected chi connectivity index (χ3v) is 1.05. The molecule has 3 N–H and O–H groups in total. The summed E-state index contributed by atoms with van der Waals surface area (Å²) in [6.07, 6.45) is 0.977. The molecule has 6 nitrogen and oxygen atoms in total. The van der Waals surface area contributed by atoms with Gasteiger partial charge < -0.3 is 15.7 Å². The average Bonchev–Trinajstić information content (AvgIpc) is 2.09. The minimum Gasteiger partial charge on any atom is -0.478 e. The normalized spacial score (nSPS) is 12.9. The van der Waals surface area contributed by atoms with E-state index in [1.165, 1.54) is 0 Å². The van der Waals surface area contributed by atoms with Gasteiger partial charge >= 0.3 is 17.9 Å². The molecule has 0 aliphatic rings. The van der Waals surface area contributed by atoms with Crippen molar-refractivity contribution in [3.05, 3.63) is 12.2 Å². The first-order valence-corrected chi connectivity index (χ1v) is 3.57. The third kappa shape index (κ3) is 6.13. The van der Waals surface area contributed by atoms with E-state index >= 15 is 0 Å². The highest BCUT2D eigenvalue weighted by Crippen LogP contribution is 2.10. The molecular formula is C7H8F2N2O4. The number of alkyl halides is 2. The number of nitrogens with two attached hydrogens (primary N) is 1. The van der Waals surface area contributed by atoms with Crippen molar-refractivity contribution in [1.29, 1.82) is 0 Å². The van der Waals surface area contributed by atoms with Crippen molar-refractivity contribution in [3.63, 3.8) is 0 Å². The first-order chi connectivity index (χ1) is 6.73. The first-order valence-electron chi connectivity index (χ1n) is 3.57. The Labute approximate surface area is 83.0 Å². The summed E-state index contributed by atoms with van der Waals surface area (Å²) in [4.78, 5) is 24.4. The molecule has 15 heavy (non-hydrogen) atoms. The quantitative estimate of drug-likeness (QED) is 0.231. The highest BCUT2D eigenvalue weighted by molar-refractivity contribution is 5.92. The van der Waals surface area contributed by atoms with Gasteiger partial charge in [-0.2, -0.15) is 8.78 Å². The van der Waals surface area contributed by atoms with Crippen molar-refractivity contribution in [2.45, 2.75) is 12.8 Å². The molecule has 0 amide bonds. The predicted molar refractivity (Wildman–Crippen MR) is 45.1 cm³/mol. The van der Waals surface area contributed by atoms with Crippen molar-refractivity contribution in [2.75, 3.05) is 0 Å². The Bertz CT molecular complexity index is 319. The van der Waals surface area contributed by atoms with Crippen LogP contribution >= 0.6 is 0 Å². The fraction of sp³-hybridized carbons (Fsp3) is 0.286. The molecule has 0 aromatic carbocycles. The Hall–Kier alpha value is -1.99. The highest BCUT2D eigenvalue weighted by Gasteiger charge is 2.28. The van der Waals surface area contributed by atoms with Gasteiger partial charge in [0, 0.05) is 19.1 Å². The number of carbonyl (C=O) groups excluding carboxylic acids is 1. The lowest BCUT2D eigenvalue weighted by atomic mass is 10.4. The van der Waals surface area contributed by atoms with E-state index in [0.29, 0.717) is 19.1 Å². The molecule has 0 aliphatic heterocycles. The van der Waals surface area contributed by atoms with E-state index in [1.807, 2.05) is 0 Å². The molecular weight excluding hydrogens is 214 g/mol. The van der Waals surface area contributed by atoms with Crippen LogP contribution in [-0.4, -0.2) is 28.8 Å². The molecule has 0 rings (SSSR count). The summed E-state index contributed by atoms with van der Waals surface area (Å²) in [6.45, 7) is 0.465. The van der Waals surface area contributed by atoms with Gasteiger partial charge in [0.15, 0.2) is 0 Å². The van der Waals surface area contributed by atoms with Crippen molar-refractivity contribution >= 4 is 17.8 Å². The third-order valence-electron chi connectivity index (χ3n) is 1.05. The molecule has 0 aromatic heterocycles. The summed E-state index contributed by atoms with van der Waals surface area (Å²) in [7, 11) is 0. The SMILES string of the molecule is CC(F)(F)/C(N)=N\OC(=O)C=CC(=O)O. The molecule has 0 aliphatic carbocycles. The van der Waals surface area contributed by atoms with E-state index in [1.54, 1.807) is 0 Å². The largest absolute Gasteiger partial charge is 0.478 e. The van der Waals surface area contributed by atoms with Crippen LogP contribution in [0, 0.1) is 0 Å². The number of aliphatic carboxylic acids is 1. The van der Waals surface area contributed by atoms with Gasteiger partial charge in [0.05, 0.1) is 0 Å². The molecule has 0 heterocycles. The summed E-state index contributed by atoms with van der Waals surface area (Å²) >= 11 is 0. The van der Waals surface area contributed by atoms with E-state index in [4.69, 9.17) is 10.8 Å². The maximum absolute atomic E-state index is 12.3. The Kier molecular flexibility index (Phi) is 4.36. The fourth-order valence-electron chi connectivity index (χ4n) is 0.344. The van der Waals surface area contributed by atoms with E-state index < -0.39 is 23.7 Å². The van der Waals surface area contributed by atoms with E-state index in [0.717, 1.165) is 0 Å². The summed E-state index contributed by atoms with van der Waals surface area (Å²) in [6, 6.07) is 0. The summed E-state index contributed by atoms with van der Waals surface area (Å²) in [5, 5.41) is 10.7. The number of rotatable bonds is 4. The lowest BCUT2D eigenvalue weighted by Crippen LogP contribution is -2.32. The molecule has 0 fully saturated rings. The number of oxime groups is 1. The lowest BCUT2D eigenvalue weighted by Gasteiger charge is -2.06. The minimum absolute atomic E-state index is 0.465.